The number of amides is 1. The zero-order chi connectivity index (χ0) is 21.3. The van der Waals surface area contributed by atoms with Crippen molar-refractivity contribution in [1.29, 1.82) is 0 Å². The highest BCUT2D eigenvalue weighted by Crippen LogP contribution is 2.58. The number of benzene rings is 1. The number of allylic oxidation sites excluding steroid dienone is 4. The number of carbonyl (C=O) groups excluding carboxylic acids is 1. The van der Waals surface area contributed by atoms with Crippen molar-refractivity contribution in [1.82, 2.24) is 0 Å². The Labute approximate surface area is 184 Å². The van der Waals surface area contributed by atoms with E-state index in [1.807, 2.05) is 36.4 Å². The molecule has 1 aromatic rings. The first-order valence-corrected chi connectivity index (χ1v) is 11.8. The van der Waals surface area contributed by atoms with Crippen molar-refractivity contribution in [3.63, 3.8) is 0 Å². The van der Waals surface area contributed by atoms with E-state index in [4.69, 9.17) is 9.32 Å². The summed E-state index contributed by atoms with van der Waals surface area (Å²) in [5.74, 6) is 0.742. The molecule has 0 radical (unpaired) electrons. The number of anilines is 1. The third-order valence-corrected chi connectivity index (χ3v) is 7.46. The smallest absolute Gasteiger partial charge is 0.251 e. The molecule has 0 bridgehead atoms. The molecular weight excluding hydrogens is 392 g/mol. The summed E-state index contributed by atoms with van der Waals surface area (Å²) in [5, 5.41) is 8.75. The molecular formula is C25H32N2O2S. The van der Waals surface area contributed by atoms with E-state index in [-0.39, 0.29) is 23.3 Å². The molecule has 30 heavy (non-hydrogen) atoms. The van der Waals surface area contributed by atoms with E-state index in [2.05, 4.69) is 32.2 Å². The van der Waals surface area contributed by atoms with Crippen LogP contribution in [0.4, 0.5) is 5.69 Å². The minimum absolute atomic E-state index is 0.0698. The van der Waals surface area contributed by atoms with Crippen LogP contribution in [0.3, 0.4) is 0 Å². The zero-order valence-corrected chi connectivity index (χ0v) is 18.9. The second-order valence-corrected chi connectivity index (χ2v) is 9.71. The molecule has 1 saturated carbocycles. The average Bonchev–Trinajstić information content (AvgIpc) is 2.98. The molecule has 1 aromatic carbocycles. The minimum atomic E-state index is -0.104. The number of para-hydroxylation sites is 1. The summed E-state index contributed by atoms with van der Waals surface area (Å²) in [6.07, 6.45) is 9.32. The van der Waals surface area contributed by atoms with Gasteiger partial charge in [-0.25, -0.2) is 0 Å². The van der Waals surface area contributed by atoms with E-state index in [1.165, 1.54) is 30.4 Å². The van der Waals surface area contributed by atoms with Crippen molar-refractivity contribution >= 4 is 23.8 Å². The normalized spacial score (nSPS) is 28.4. The highest BCUT2D eigenvalue weighted by molar-refractivity contribution is 7.92. The van der Waals surface area contributed by atoms with Crippen molar-refractivity contribution in [2.45, 2.75) is 59.0 Å². The number of nitrogens with one attached hydrogen (secondary N) is 1. The maximum atomic E-state index is 13.0. The highest BCUT2D eigenvalue weighted by Gasteiger charge is 2.46. The maximum absolute atomic E-state index is 13.0. The summed E-state index contributed by atoms with van der Waals surface area (Å²) < 4.78 is 5.95. The van der Waals surface area contributed by atoms with E-state index in [1.54, 1.807) is 5.57 Å². The highest BCUT2D eigenvalue weighted by atomic mass is 32.2. The maximum Gasteiger partial charge on any atom is 0.251 e. The largest absolute Gasteiger partial charge is 0.322 e. The Bertz CT molecular complexity index is 903. The summed E-state index contributed by atoms with van der Waals surface area (Å²) in [4.78, 5) is 13.0. The molecule has 0 saturated heterocycles. The number of hydrogen-bond donors (Lipinski definition) is 2. The van der Waals surface area contributed by atoms with Gasteiger partial charge in [0.05, 0.1) is 18.3 Å². The lowest BCUT2D eigenvalue weighted by molar-refractivity contribution is -0.113. The van der Waals surface area contributed by atoms with Gasteiger partial charge in [0, 0.05) is 23.6 Å². The van der Waals surface area contributed by atoms with E-state index < -0.39 is 0 Å². The van der Waals surface area contributed by atoms with Crippen molar-refractivity contribution < 1.29 is 8.98 Å². The Morgan fingerprint density at radius 2 is 2.00 bits per heavy atom. The molecule has 3 aliphatic carbocycles. The molecule has 0 spiro atoms. The SMILES string of the molecule is CC(C)C1=C2C3=CC=C(C(=O)Nc4ccccc4)CC(OSN)C3CCC2(C)CC1. The molecule has 0 heterocycles. The first-order chi connectivity index (χ1) is 14.4. The van der Waals surface area contributed by atoms with E-state index in [0.717, 1.165) is 29.9 Å². The van der Waals surface area contributed by atoms with Gasteiger partial charge in [0.25, 0.3) is 5.91 Å². The van der Waals surface area contributed by atoms with Gasteiger partial charge in [0.1, 0.15) is 0 Å². The van der Waals surface area contributed by atoms with Crippen LogP contribution < -0.4 is 10.5 Å². The van der Waals surface area contributed by atoms with Gasteiger partial charge in [-0.05, 0) is 60.3 Å². The summed E-state index contributed by atoms with van der Waals surface area (Å²) in [6.45, 7) is 7.01. The number of nitrogens with two attached hydrogens (primary N) is 1. The lowest BCUT2D eigenvalue weighted by Gasteiger charge is -2.42. The van der Waals surface area contributed by atoms with Crippen molar-refractivity contribution in [2.24, 2.45) is 22.4 Å². The van der Waals surface area contributed by atoms with Gasteiger partial charge in [0.15, 0.2) is 0 Å². The Kier molecular flexibility index (Phi) is 6.24. The van der Waals surface area contributed by atoms with Crippen molar-refractivity contribution in [3.8, 4) is 0 Å². The summed E-state index contributed by atoms with van der Waals surface area (Å²) in [5.41, 5.74) is 6.27. The predicted molar refractivity (Wildman–Crippen MR) is 124 cm³/mol. The van der Waals surface area contributed by atoms with Crippen LogP contribution in [0.1, 0.15) is 52.9 Å². The molecule has 160 valence electrons. The fraction of sp³-hybridized carbons (Fsp3) is 0.480. The molecule has 3 N–H and O–H groups in total. The molecule has 0 aliphatic heterocycles. The van der Waals surface area contributed by atoms with Gasteiger partial charge in [0.2, 0.25) is 0 Å². The number of carbonyl (C=O) groups is 1. The van der Waals surface area contributed by atoms with Gasteiger partial charge >= 0.3 is 0 Å². The minimum Gasteiger partial charge on any atom is -0.322 e. The first-order valence-electron chi connectivity index (χ1n) is 11.0. The van der Waals surface area contributed by atoms with Gasteiger partial charge in [-0.3, -0.25) is 14.1 Å². The topological polar surface area (TPSA) is 64.3 Å². The molecule has 4 nitrogen and oxygen atoms in total. The molecule has 3 atom stereocenters. The van der Waals surface area contributed by atoms with Crippen LogP contribution in [-0.4, -0.2) is 12.0 Å². The molecule has 3 unspecified atom stereocenters. The van der Waals surface area contributed by atoms with Crippen LogP contribution in [0.25, 0.3) is 0 Å². The standard InChI is InChI=1S/C25H32N2O2S/c1-16(2)19-11-13-25(3)14-12-20-21(23(19)25)10-9-17(15-22(20)29-30-26)24(28)27-18-7-5-4-6-8-18/h4-10,16,20,22H,11-15,26H2,1-3H3,(H,27,28). The van der Waals surface area contributed by atoms with E-state index >= 15 is 0 Å². The first kappa shape index (κ1) is 21.4. The molecule has 5 heteroatoms. The van der Waals surface area contributed by atoms with Gasteiger partial charge in [-0.1, -0.05) is 56.7 Å². The second kappa shape index (κ2) is 8.74. The average molecular weight is 425 g/mol. The number of hydrogen-bond acceptors (Lipinski definition) is 4. The van der Waals surface area contributed by atoms with Crippen LogP contribution in [0.2, 0.25) is 0 Å². The Morgan fingerprint density at radius 3 is 2.70 bits per heavy atom. The van der Waals surface area contributed by atoms with Crippen molar-refractivity contribution in [2.75, 3.05) is 5.32 Å². The predicted octanol–water partition coefficient (Wildman–Crippen LogP) is 5.95. The third-order valence-electron chi connectivity index (χ3n) is 7.10. The second-order valence-electron chi connectivity index (χ2n) is 9.33. The van der Waals surface area contributed by atoms with E-state index in [0.29, 0.717) is 12.3 Å². The molecule has 0 aromatic heterocycles. The quantitative estimate of drug-likeness (QED) is 0.453. The Morgan fingerprint density at radius 1 is 1.23 bits per heavy atom. The van der Waals surface area contributed by atoms with Crippen LogP contribution in [0.5, 0.6) is 0 Å². The van der Waals surface area contributed by atoms with Gasteiger partial charge < -0.3 is 5.32 Å². The van der Waals surface area contributed by atoms with Crippen LogP contribution >= 0.6 is 12.2 Å². The molecule has 1 amide bonds. The molecule has 1 fully saturated rings. The fourth-order valence-electron chi connectivity index (χ4n) is 5.51. The summed E-state index contributed by atoms with van der Waals surface area (Å²) in [6, 6.07) is 9.59. The van der Waals surface area contributed by atoms with Crippen LogP contribution in [0.15, 0.2) is 64.8 Å². The lowest BCUT2D eigenvalue weighted by atomic mass is 9.64. The monoisotopic (exact) mass is 424 g/mol. The van der Waals surface area contributed by atoms with Gasteiger partial charge in [-0.2, -0.15) is 0 Å². The van der Waals surface area contributed by atoms with Crippen LogP contribution in [0, 0.1) is 17.3 Å². The Hall–Kier alpha value is -1.82. The number of rotatable bonds is 5. The van der Waals surface area contributed by atoms with E-state index in [9.17, 15) is 4.79 Å². The number of fused-ring (bicyclic) bond motifs is 3. The lowest BCUT2D eigenvalue weighted by Crippen LogP contribution is -2.34. The molecule has 4 rings (SSSR count). The molecule has 3 aliphatic rings. The Balaban J connectivity index is 1.71. The third kappa shape index (κ3) is 4.03. The summed E-state index contributed by atoms with van der Waals surface area (Å²) >= 11 is 0.920. The summed E-state index contributed by atoms with van der Waals surface area (Å²) in [7, 11) is 0. The van der Waals surface area contributed by atoms with Gasteiger partial charge in [-0.15, -0.1) is 0 Å². The zero-order valence-electron chi connectivity index (χ0n) is 18.1. The van der Waals surface area contributed by atoms with Crippen molar-refractivity contribution in [3.05, 3.63) is 64.8 Å². The fourth-order valence-corrected chi connectivity index (χ4v) is 5.85. The van der Waals surface area contributed by atoms with Crippen LogP contribution in [-0.2, 0) is 8.98 Å².